The van der Waals surface area contributed by atoms with E-state index in [0.29, 0.717) is 6.42 Å². The number of allylic oxidation sites excluding steroid dienone is 3. The number of hydrogen-bond acceptors (Lipinski definition) is 4. The van der Waals surface area contributed by atoms with Gasteiger partial charge in [-0.15, -0.1) is 0 Å². The zero-order valence-corrected chi connectivity index (χ0v) is 16.3. The molecule has 1 heterocycles. The average Bonchev–Trinajstić information content (AvgIpc) is 2.61. The highest BCUT2D eigenvalue weighted by molar-refractivity contribution is 7.85. The summed E-state index contributed by atoms with van der Waals surface area (Å²) in [6.45, 7) is 4.63. The summed E-state index contributed by atoms with van der Waals surface area (Å²) in [6, 6.07) is 8.35. The SMILES string of the molecule is CCN(CCCCS(=O)(=O)O)c1ccc(/C=C/C2=CCN(C)C=C2)cc1. The van der Waals surface area contributed by atoms with E-state index >= 15 is 0 Å². The van der Waals surface area contributed by atoms with Gasteiger partial charge in [0.05, 0.1) is 5.75 Å². The smallest absolute Gasteiger partial charge is 0.264 e. The summed E-state index contributed by atoms with van der Waals surface area (Å²) in [5, 5.41) is 0. The lowest BCUT2D eigenvalue weighted by Crippen LogP contribution is -2.24. The van der Waals surface area contributed by atoms with Crippen LogP contribution in [-0.2, 0) is 10.1 Å². The van der Waals surface area contributed by atoms with Gasteiger partial charge in [-0.3, -0.25) is 4.55 Å². The van der Waals surface area contributed by atoms with Gasteiger partial charge in [0, 0.05) is 32.4 Å². The number of hydrogen-bond donors (Lipinski definition) is 1. The van der Waals surface area contributed by atoms with Crippen LogP contribution in [0.2, 0.25) is 0 Å². The van der Waals surface area contributed by atoms with Crippen LogP contribution < -0.4 is 4.90 Å². The Kier molecular flexibility index (Phi) is 7.48. The largest absolute Gasteiger partial charge is 0.377 e. The molecule has 0 aliphatic carbocycles. The molecule has 0 unspecified atom stereocenters. The van der Waals surface area contributed by atoms with Crippen molar-refractivity contribution < 1.29 is 13.0 Å². The minimum absolute atomic E-state index is 0.172. The first-order valence-electron chi connectivity index (χ1n) is 8.94. The number of benzene rings is 1. The van der Waals surface area contributed by atoms with Crippen LogP contribution in [0.25, 0.3) is 6.08 Å². The Morgan fingerprint density at radius 3 is 2.50 bits per heavy atom. The van der Waals surface area contributed by atoms with Crippen molar-refractivity contribution in [3.63, 3.8) is 0 Å². The lowest BCUT2D eigenvalue weighted by molar-refractivity contribution is 0.480. The Balaban J connectivity index is 1.89. The number of unbranched alkanes of at least 4 members (excludes halogenated alkanes) is 1. The average molecular weight is 377 g/mol. The first-order valence-corrected chi connectivity index (χ1v) is 10.5. The molecule has 1 N–H and O–H groups in total. The van der Waals surface area contributed by atoms with Crippen LogP contribution in [0.5, 0.6) is 0 Å². The second-order valence-corrected chi connectivity index (χ2v) is 8.03. The molecule has 5 nitrogen and oxygen atoms in total. The molecule has 0 atom stereocenters. The third kappa shape index (κ3) is 7.06. The fraction of sp³-hybridized carbons (Fsp3) is 0.400. The minimum Gasteiger partial charge on any atom is -0.377 e. The second kappa shape index (κ2) is 9.59. The normalized spacial score (nSPS) is 14.7. The summed E-state index contributed by atoms with van der Waals surface area (Å²) in [6.07, 6.45) is 11.8. The molecular weight excluding hydrogens is 348 g/mol. The zero-order valence-electron chi connectivity index (χ0n) is 15.5. The van der Waals surface area contributed by atoms with E-state index in [1.54, 1.807) is 0 Å². The van der Waals surface area contributed by atoms with Gasteiger partial charge in [0.1, 0.15) is 0 Å². The van der Waals surface area contributed by atoms with Crippen molar-refractivity contribution in [2.75, 3.05) is 37.3 Å². The van der Waals surface area contributed by atoms with Gasteiger partial charge in [-0.25, -0.2) is 0 Å². The standard InChI is InChI=1S/C20H28N2O3S/c1-3-22(14-4-5-17-26(23,24)25)20-10-8-18(9-11-20)6-7-19-12-15-21(2)16-13-19/h6-13,15H,3-5,14,16-17H2,1-2H3,(H,23,24,25)/b7-6+. The van der Waals surface area contributed by atoms with E-state index < -0.39 is 10.1 Å². The molecule has 0 saturated heterocycles. The molecule has 2 rings (SSSR count). The van der Waals surface area contributed by atoms with E-state index in [0.717, 1.165) is 37.3 Å². The quantitative estimate of drug-likeness (QED) is 0.527. The molecule has 26 heavy (non-hydrogen) atoms. The van der Waals surface area contributed by atoms with Crippen molar-refractivity contribution >= 4 is 21.9 Å². The lowest BCUT2D eigenvalue weighted by atomic mass is 10.1. The Morgan fingerprint density at radius 1 is 1.19 bits per heavy atom. The van der Waals surface area contributed by atoms with E-state index in [1.807, 2.05) is 0 Å². The summed E-state index contributed by atoms with van der Waals surface area (Å²) in [5.74, 6) is -0.172. The van der Waals surface area contributed by atoms with E-state index in [9.17, 15) is 8.42 Å². The van der Waals surface area contributed by atoms with Gasteiger partial charge in [0.15, 0.2) is 0 Å². The molecule has 1 aliphatic heterocycles. The van der Waals surface area contributed by atoms with Crippen LogP contribution >= 0.6 is 0 Å². The molecule has 0 amide bonds. The molecule has 1 aliphatic rings. The number of anilines is 1. The van der Waals surface area contributed by atoms with Crippen LogP contribution in [-0.4, -0.2) is 50.3 Å². The molecule has 142 valence electrons. The predicted octanol–water partition coefficient (Wildman–Crippen LogP) is 3.58. The molecule has 0 aromatic heterocycles. The summed E-state index contributed by atoms with van der Waals surface area (Å²) < 4.78 is 30.3. The third-order valence-electron chi connectivity index (χ3n) is 4.32. The third-order valence-corrected chi connectivity index (χ3v) is 5.13. The number of nitrogens with zero attached hydrogens (tertiary/aromatic N) is 2. The van der Waals surface area contributed by atoms with Crippen LogP contribution in [0.15, 0.2) is 54.3 Å². The maximum atomic E-state index is 10.8. The van der Waals surface area contributed by atoms with Gasteiger partial charge in [0.25, 0.3) is 10.1 Å². The lowest BCUT2D eigenvalue weighted by Gasteiger charge is -2.23. The van der Waals surface area contributed by atoms with Crippen molar-refractivity contribution in [1.29, 1.82) is 0 Å². The van der Waals surface area contributed by atoms with Gasteiger partial charge in [0.2, 0.25) is 0 Å². The molecule has 0 saturated carbocycles. The highest BCUT2D eigenvalue weighted by atomic mass is 32.2. The van der Waals surface area contributed by atoms with Crippen LogP contribution in [0.4, 0.5) is 5.69 Å². The molecule has 0 bridgehead atoms. The second-order valence-electron chi connectivity index (χ2n) is 6.46. The zero-order chi connectivity index (χ0) is 19.0. The van der Waals surface area contributed by atoms with Crippen LogP contribution in [0, 0.1) is 0 Å². The van der Waals surface area contributed by atoms with Crippen molar-refractivity contribution in [2.45, 2.75) is 19.8 Å². The van der Waals surface area contributed by atoms with E-state index in [1.165, 1.54) is 5.57 Å². The van der Waals surface area contributed by atoms with Crippen LogP contribution in [0.3, 0.4) is 0 Å². The van der Waals surface area contributed by atoms with Crippen molar-refractivity contribution in [2.24, 2.45) is 0 Å². The van der Waals surface area contributed by atoms with Crippen molar-refractivity contribution in [3.8, 4) is 0 Å². The maximum absolute atomic E-state index is 10.8. The van der Waals surface area contributed by atoms with Crippen molar-refractivity contribution in [3.05, 3.63) is 59.8 Å². The molecule has 1 aromatic carbocycles. The summed E-state index contributed by atoms with van der Waals surface area (Å²) in [7, 11) is -1.81. The Morgan fingerprint density at radius 2 is 1.92 bits per heavy atom. The van der Waals surface area contributed by atoms with Gasteiger partial charge in [-0.05, 0) is 55.3 Å². The molecule has 1 aromatic rings. The predicted molar refractivity (Wildman–Crippen MR) is 109 cm³/mol. The van der Waals surface area contributed by atoms with Crippen LogP contribution in [0.1, 0.15) is 25.3 Å². The molecule has 0 spiro atoms. The Labute approximate surface area is 157 Å². The maximum Gasteiger partial charge on any atom is 0.264 e. The summed E-state index contributed by atoms with van der Waals surface area (Å²) in [5.41, 5.74) is 3.47. The van der Waals surface area contributed by atoms with Gasteiger partial charge in [-0.1, -0.05) is 30.4 Å². The first kappa shape index (κ1) is 20.3. The molecule has 0 radical (unpaired) electrons. The van der Waals surface area contributed by atoms with E-state index in [2.05, 4.69) is 78.5 Å². The first-order chi connectivity index (χ1) is 12.4. The summed E-state index contributed by atoms with van der Waals surface area (Å²) in [4.78, 5) is 4.33. The fourth-order valence-electron chi connectivity index (χ4n) is 2.76. The van der Waals surface area contributed by atoms with Gasteiger partial charge >= 0.3 is 0 Å². The van der Waals surface area contributed by atoms with Crippen molar-refractivity contribution in [1.82, 2.24) is 4.90 Å². The monoisotopic (exact) mass is 376 g/mol. The van der Waals surface area contributed by atoms with E-state index in [4.69, 9.17) is 4.55 Å². The minimum atomic E-state index is -3.86. The Bertz CT molecular complexity index is 765. The molecular formula is C20H28N2O3S. The van der Waals surface area contributed by atoms with Gasteiger partial charge in [-0.2, -0.15) is 8.42 Å². The summed E-state index contributed by atoms with van der Waals surface area (Å²) >= 11 is 0. The molecule has 0 fully saturated rings. The fourth-order valence-corrected chi connectivity index (χ4v) is 3.33. The highest BCUT2D eigenvalue weighted by Gasteiger charge is 2.07. The number of rotatable bonds is 9. The topological polar surface area (TPSA) is 60.9 Å². The van der Waals surface area contributed by atoms with E-state index in [-0.39, 0.29) is 5.75 Å². The highest BCUT2D eigenvalue weighted by Crippen LogP contribution is 2.18. The Hall–Kier alpha value is -2.05. The molecule has 6 heteroatoms. The van der Waals surface area contributed by atoms with Gasteiger partial charge < -0.3 is 9.80 Å². The number of likely N-dealkylation sites (N-methyl/N-ethyl adjacent to an activating group) is 1.